The summed E-state index contributed by atoms with van der Waals surface area (Å²) >= 11 is 0. The van der Waals surface area contributed by atoms with Gasteiger partial charge in [-0.3, -0.25) is 0 Å². The molecule has 1 aromatic carbocycles. The topological polar surface area (TPSA) is 41.1 Å². The Morgan fingerprint density at radius 2 is 2.00 bits per heavy atom. The Kier molecular flexibility index (Phi) is 2.62. The first-order valence-electron chi connectivity index (χ1n) is 7.11. The van der Waals surface area contributed by atoms with Crippen LogP contribution in [0, 0.1) is 0 Å². The van der Waals surface area contributed by atoms with Crippen molar-refractivity contribution in [2.75, 3.05) is 18.0 Å². The Balaban J connectivity index is 1.66. The summed E-state index contributed by atoms with van der Waals surface area (Å²) in [6, 6.07) is 9.50. The predicted molar refractivity (Wildman–Crippen MR) is 76.3 cm³/mol. The fourth-order valence-electron chi connectivity index (χ4n) is 3.24. The summed E-state index contributed by atoms with van der Waals surface area (Å²) in [7, 11) is 0. The zero-order valence-corrected chi connectivity index (χ0v) is 10.9. The molecule has 1 aromatic heterocycles. The Labute approximate surface area is 112 Å². The number of rotatable bonds is 1. The quantitative estimate of drug-likeness (QED) is 0.844. The van der Waals surface area contributed by atoms with Crippen molar-refractivity contribution in [2.24, 2.45) is 0 Å². The van der Waals surface area contributed by atoms with Crippen LogP contribution in [0.2, 0.25) is 0 Å². The van der Waals surface area contributed by atoms with E-state index in [-0.39, 0.29) is 0 Å². The molecule has 0 amide bonds. The van der Waals surface area contributed by atoms with Gasteiger partial charge in [0.15, 0.2) is 0 Å². The van der Waals surface area contributed by atoms with Gasteiger partial charge in [0.05, 0.1) is 5.52 Å². The molecule has 4 heteroatoms. The van der Waals surface area contributed by atoms with Gasteiger partial charge in [-0.25, -0.2) is 9.97 Å². The summed E-state index contributed by atoms with van der Waals surface area (Å²) in [5.41, 5.74) is 1.04. The van der Waals surface area contributed by atoms with Gasteiger partial charge in [0.2, 0.25) is 5.95 Å². The van der Waals surface area contributed by atoms with Gasteiger partial charge in [0.25, 0.3) is 0 Å². The number of hydrogen-bond donors (Lipinski definition) is 1. The smallest absolute Gasteiger partial charge is 0.225 e. The summed E-state index contributed by atoms with van der Waals surface area (Å²) in [5, 5.41) is 4.80. The van der Waals surface area contributed by atoms with Crippen molar-refractivity contribution in [3.05, 3.63) is 30.5 Å². The number of nitrogens with one attached hydrogen (secondary N) is 1. The number of nitrogens with zero attached hydrogens (tertiary/aromatic N) is 3. The molecule has 2 saturated heterocycles. The van der Waals surface area contributed by atoms with Gasteiger partial charge in [0, 0.05) is 36.8 Å². The Morgan fingerprint density at radius 3 is 3.00 bits per heavy atom. The predicted octanol–water partition coefficient (Wildman–Crippen LogP) is 1.96. The summed E-state index contributed by atoms with van der Waals surface area (Å²) in [4.78, 5) is 11.6. The molecule has 2 atom stereocenters. The minimum atomic E-state index is 0.613. The largest absolute Gasteiger partial charge is 0.339 e. The molecule has 1 N–H and O–H groups in total. The molecule has 0 saturated carbocycles. The molecule has 0 spiro atoms. The first-order chi connectivity index (χ1) is 9.38. The molecule has 2 fully saturated rings. The molecule has 2 unspecified atom stereocenters. The highest BCUT2D eigenvalue weighted by Crippen LogP contribution is 2.23. The van der Waals surface area contributed by atoms with Gasteiger partial charge >= 0.3 is 0 Å². The van der Waals surface area contributed by atoms with E-state index in [0.29, 0.717) is 12.1 Å². The van der Waals surface area contributed by atoms with E-state index in [0.717, 1.165) is 29.9 Å². The van der Waals surface area contributed by atoms with E-state index in [1.807, 2.05) is 18.3 Å². The molecular weight excluding hydrogens is 236 g/mol. The number of fused-ring (bicyclic) bond motifs is 3. The van der Waals surface area contributed by atoms with E-state index in [1.54, 1.807) is 0 Å². The SMILES string of the molecule is c1ccc2nc(N3CCC4CCC(C3)N4)ncc2c1. The van der Waals surface area contributed by atoms with E-state index in [4.69, 9.17) is 4.98 Å². The van der Waals surface area contributed by atoms with Crippen molar-refractivity contribution >= 4 is 16.9 Å². The third-order valence-corrected chi connectivity index (χ3v) is 4.28. The monoisotopic (exact) mass is 254 g/mol. The maximum atomic E-state index is 4.71. The summed E-state index contributed by atoms with van der Waals surface area (Å²) in [6.45, 7) is 2.10. The number of benzene rings is 1. The van der Waals surface area contributed by atoms with Gasteiger partial charge in [-0.05, 0) is 25.3 Å². The molecule has 2 aliphatic heterocycles. The first-order valence-corrected chi connectivity index (χ1v) is 7.11. The van der Waals surface area contributed by atoms with Crippen LogP contribution in [0.15, 0.2) is 30.5 Å². The maximum absolute atomic E-state index is 4.71. The highest BCUT2D eigenvalue weighted by Gasteiger charge is 2.30. The van der Waals surface area contributed by atoms with Crippen LogP contribution in [0.3, 0.4) is 0 Å². The van der Waals surface area contributed by atoms with Crippen LogP contribution in [0.5, 0.6) is 0 Å². The van der Waals surface area contributed by atoms with Gasteiger partial charge in [-0.15, -0.1) is 0 Å². The zero-order valence-electron chi connectivity index (χ0n) is 10.9. The molecule has 0 radical (unpaired) electrons. The number of hydrogen-bond acceptors (Lipinski definition) is 4. The molecule has 4 nitrogen and oxygen atoms in total. The Hall–Kier alpha value is -1.68. The molecule has 2 aromatic rings. The lowest BCUT2D eigenvalue weighted by Gasteiger charge is -2.24. The van der Waals surface area contributed by atoms with Crippen molar-refractivity contribution in [3.63, 3.8) is 0 Å². The van der Waals surface area contributed by atoms with Crippen LogP contribution < -0.4 is 10.2 Å². The average molecular weight is 254 g/mol. The maximum Gasteiger partial charge on any atom is 0.225 e. The molecule has 2 bridgehead atoms. The Bertz CT molecular complexity index is 597. The highest BCUT2D eigenvalue weighted by molar-refractivity contribution is 5.78. The van der Waals surface area contributed by atoms with E-state index >= 15 is 0 Å². The van der Waals surface area contributed by atoms with E-state index in [9.17, 15) is 0 Å². The molecule has 2 aliphatic rings. The van der Waals surface area contributed by atoms with E-state index in [1.165, 1.54) is 19.3 Å². The van der Waals surface area contributed by atoms with Crippen LogP contribution in [-0.4, -0.2) is 35.1 Å². The van der Waals surface area contributed by atoms with E-state index in [2.05, 4.69) is 27.3 Å². The van der Waals surface area contributed by atoms with Crippen LogP contribution in [0.4, 0.5) is 5.95 Å². The third-order valence-electron chi connectivity index (χ3n) is 4.28. The van der Waals surface area contributed by atoms with Crippen LogP contribution >= 0.6 is 0 Å². The highest BCUT2D eigenvalue weighted by atomic mass is 15.3. The molecule has 4 rings (SSSR count). The van der Waals surface area contributed by atoms with Gasteiger partial charge in [-0.2, -0.15) is 0 Å². The third kappa shape index (κ3) is 2.06. The van der Waals surface area contributed by atoms with Crippen LogP contribution in [0.25, 0.3) is 10.9 Å². The lowest BCUT2D eigenvalue weighted by atomic mass is 10.1. The summed E-state index contributed by atoms with van der Waals surface area (Å²) < 4.78 is 0. The minimum Gasteiger partial charge on any atom is -0.339 e. The standard InChI is InChI=1S/C15H18N4/c1-2-4-14-11(3-1)9-16-15(18-14)19-8-7-12-5-6-13(10-19)17-12/h1-4,9,12-13,17H,5-8,10H2. The fourth-order valence-corrected chi connectivity index (χ4v) is 3.24. The van der Waals surface area contributed by atoms with E-state index < -0.39 is 0 Å². The normalized spacial score (nSPS) is 26.6. The minimum absolute atomic E-state index is 0.613. The summed E-state index contributed by atoms with van der Waals surface area (Å²) in [6.07, 6.45) is 5.76. The molecule has 19 heavy (non-hydrogen) atoms. The first kappa shape index (κ1) is 11.2. The van der Waals surface area contributed by atoms with Crippen molar-refractivity contribution in [3.8, 4) is 0 Å². The molecule has 0 aliphatic carbocycles. The molecule has 98 valence electrons. The fraction of sp³-hybridized carbons (Fsp3) is 0.467. The second kappa shape index (κ2) is 4.46. The number of para-hydroxylation sites is 1. The zero-order chi connectivity index (χ0) is 12.7. The van der Waals surface area contributed by atoms with Crippen LogP contribution in [-0.2, 0) is 0 Å². The van der Waals surface area contributed by atoms with Gasteiger partial charge in [0.1, 0.15) is 0 Å². The van der Waals surface area contributed by atoms with Crippen molar-refractivity contribution in [1.82, 2.24) is 15.3 Å². The second-order valence-corrected chi connectivity index (χ2v) is 5.60. The van der Waals surface area contributed by atoms with Crippen molar-refractivity contribution in [2.45, 2.75) is 31.3 Å². The average Bonchev–Trinajstić information content (AvgIpc) is 2.78. The molecule has 3 heterocycles. The molecular formula is C15H18N4. The second-order valence-electron chi connectivity index (χ2n) is 5.60. The number of aromatic nitrogens is 2. The van der Waals surface area contributed by atoms with Gasteiger partial charge in [-0.1, -0.05) is 18.2 Å². The Morgan fingerprint density at radius 1 is 1.11 bits per heavy atom. The van der Waals surface area contributed by atoms with Crippen molar-refractivity contribution in [1.29, 1.82) is 0 Å². The summed E-state index contributed by atoms with van der Waals surface area (Å²) in [5.74, 6) is 0.882. The number of anilines is 1. The van der Waals surface area contributed by atoms with Crippen molar-refractivity contribution < 1.29 is 0 Å². The van der Waals surface area contributed by atoms with Crippen LogP contribution in [0.1, 0.15) is 19.3 Å². The lowest BCUT2D eigenvalue weighted by Crippen LogP contribution is -2.36. The lowest BCUT2D eigenvalue weighted by molar-refractivity contribution is 0.563. The van der Waals surface area contributed by atoms with Gasteiger partial charge < -0.3 is 10.2 Å².